The number of carbonyl (C=O) groups excluding carboxylic acids is 2. The third-order valence-corrected chi connectivity index (χ3v) is 10.1. The van der Waals surface area contributed by atoms with Crippen molar-refractivity contribution < 1.29 is 19.1 Å². The first-order valence-corrected chi connectivity index (χ1v) is 21.8. The summed E-state index contributed by atoms with van der Waals surface area (Å²) < 4.78 is 10.8. The standard InChI is InChI=1S/C44H82N4O4/c1-5-7-9-11-13-15-17-19-21-23-25-27-29-35-47(3)37-39-51-43(49)45-41-31-33-42(34-32-41)46-44(50)52-40-38-48(4)36-30-28-26-24-22-20-18-16-14-12-10-8-6-2/h31-34H,5-30,35-40H2,1-4H3,(H,45,49)(H,46,50). The molecule has 8 heteroatoms. The van der Waals surface area contributed by atoms with Gasteiger partial charge in [0.2, 0.25) is 0 Å². The van der Waals surface area contributed by atoms with Gasteiger partial charge in [-0.3, -0.25) is 10.6 Å². The first-order valence-electron chi connectivity index (χ1n) is 21.8. The van der Waals surface area contributed by atoms with Gasteiger partial charge in [0.25, 0.3) is 0 Å². The van der Waals surface area contributed by atoms with Gasteiger partial charge in [0.15, 0.2) is 0 Å². The predicted octanol–water partition coefficient (Wildman–Crippen LogP) is 12.8. The molecule has 1 rings (SSSR count). The van der Waals surface area contributed by atoms with Gasteiger partial charge in [0, 0.05) is 24.5 Å². The number of amides is 2. The number of ether oxygens (including phenoxy) is 2. The Balaban J connectivity index is 1.98. The number of benzene rings is 1. The van der Waals surface area contributed by atoms with E-state index in [1.807, 2.05) is 0 Å². The first-order chi connectivity index (χ1) is 25.4. The topological polar surface area (TPSA) is 83.1 Å². The lowest BCUT2D eigenvalue weighted by molar-refractivity contribution is 0.145. The van der Waals surface area contributed by atoms with Crippen LogP contribution in [0.5, 0.6) is 0 Å². The Morgan fingerprint density at radius 1 is 0.423 bits per heavy atom. The van der Waals surface area contributed by atoms with Crippen molar-refractivity contribution in [2.24, 2.45) is 0 Å². The van der Waals surface area contributed by atoms with Crippen LogP contribution in [0.15, 0.2) is 24.3 Å². The molecule has 0 heterocycles. The van der Waals surface area contributed by atoms with Crippen molar-refractivity contribution in [3.8, 4) is 0 Å². The maximum Gasteiger partial charge on any atom is 0.411 e. The summed E-state index contributed by atoms with van der Waals surface area (Å²) in [5.41, 5.74) is 1.22. The largest absolute Gasteiger partial charge is 0.448 e. The lowest BCUT2D eigenvalue weighted by Gasteiger charge is -2.17. The lowest BCUT2D eigenvalue weighted by Crippen LogP contribution is -2.26. The highest BCUT2D eigenvalue weighted by Gasteiger charge is 2.08. The Kier molecular flexibility index (Phi) is 32.7. The van der Waals surface area contributed by atoms with Crippen molar-refractivity contribution in [1.29, 1.82) is 0 Å². The fourth-order valence-corrected chi connectivity index (χ4v) is 6.56. The zero-order chi connectivity index (χ0) is 37.7. The third-order valence-electron chi connectivity index (χ3n) is 10.1. The number of unbranched alkanes of at least 4 members (excludes halogenated alkanes) is 24. The Bertz CT molecular complexity index is 870. The van der Waals surface area contributed by atoms with E-state index in [4.69, 9.17) is 9.47 Å². The van der Waals surface area contributed by atoms with E-state index in [1.54, 1.807) is 24.3 Å². The predicted molar refractivity (Wildman–Crippen MR) is 223 cm³/mol. The van der Waals surface area contributed by atoms with Crippen LogP contribution >= 0.6 is 0 Å². The van der Waals surface area contributed by atoms with Crippen molar-refractivity contribution >= 4 is 23.6 Å². The van der Waals surface area contributed by atoms with E-state index in [9.17, 15) is 9.59 Å². The highest BCUT2D eigenvalue weighted by molar-refractivity contribution is 5.87. The quantitative estimate of drug-likeness (QED) is 0.0669. The zero-order valence-electron chi connectivity index (χ0n) is 34.5. The molecule has 1 aromatic carbocycles. The molecule has 0 fully saturated rings. The average molecular weight is 731 g/mol. The monoisotopic (exact) mass is 731 g/mol. The zero-order valence-corrected chi connectivity index (χ0v) is 34.5. The summed E-state index contributed by atoms with van der Waals surface area (Å²) in [6.45, 7) is 8.72. The van der Waals surface area contributed by atoms with Crippen molar-refractivity contribution in [3.05, 3.63) is 24.3 Å². The summed E-state index contributed by atoms with van der Waals surface area (Å²) in [6.07, 6.45) is 34.4. The van der Waals surface area contributed by atoms with Gasteiger partial charge in [0.05, 0.1) is 0 Å². The van der Waals surface area contributed by atoms with Gasteiger partial charge in [-0.2, -0.15) is 0 Å². The maximum atomic E-state index is 12.3. The van der Waals surface area contributed by atoms with Crippen LogP contribution in [0.1, 0.15) is 181 Å². The number of nitrogens with zero attached hydrogens (tertiary/aromatic N) is 2. The van der Waals surface area contributed by atoms with Crippen LogP contribution in [0, 0.1) is 0 Å². The molecule has 8 nitrogen and oxygen atoms in total. The fraction of sp³-hybridized carbons (Fsp3) is 0.818. The summed E-state index contributed by atoms with van der Waals surface area (Å²) in [4.78, 5) is 29.0. The van der Waals surface area contributed by atoms with Gasteiger partial charge in [-0.15, -0.1) is 0 Å². The minimum atomic E-state index is -0.475. The number of likely N-dealkylation sites (N-methyl/N-ethyl adjacent to an activating group) is 2. The fourth-order valence-electron chi connectivity index (χ4n) is 6.56. The molecule has 0 bridgehead atoms. The maximum absolute atomic E-state index is 12.3. The number of rotatable bonds is 36. The van der Waals surface area contributed by atoms with Crippen molar-refractivity contribution in [2.75, 3.05) is 64.1 Å². The molecule has 0 spiro atoms. The number of nitrogens with one attached hydrogen (secondary N) is 2. The van der Waals surface area contributed by atoms with E-state index in [1.165, 1.54) is 167 Å². The van der Waals surface area contributed by atoms with E-state index in [-0.39, 0.29) is 0 Å². The molecule has 1 aromatic rings. The van der Waals surface area contributed by atoms with Crippen LogP contribution in [-0.2, 0) is 9.47 Å². The summed E-state index contributed by atoms with van der Waals surface area (Å²) in [7, 11) is 4.16. The van der Waals surface area contributed by atoms with Gasteiger partial charge >= 0.3 is 12.2 Å². The molecule has 0 aliphatic rings. The highest BCUT2D eigenvalue weighted by Crippen LogP contribution is 2.16. The van der Waals surface area contributed by atoms with Crippen LogP contribution < -0.4 is 10.6 Å². The van der Waals surface area contributed by atoms with Crippen LogP contribution in [0.3, 0.4) is 0 Å². The second-order valence-electron chi connectivity index (χ2n) is 15.2. The summed E-state index contributed by atoms with van der Waals surface area (Å²) in [5.74, 6) is 0. The molecule has 52 heavy (non-hydrogen) atoms. The Morgan fingerprint density at radius 3 is 0.942 bits per heavy atom. The van der Waals surface area contributed by atoms with Gasteiger partial charge in [-0.1, -0.05) is 168 Å². The number of carbonyl (C=O) groups is 2. The van der Waals surface area contributed by atoms with E-state index < -0.39 is 12.2 Å². The molecule has 0 aromatic heterocycles. The minimum absolute atomic E-state index is 0.348. The number of hydrogen-bond acceptors (Lipinski definition) is 6. The number of hydrogen-bond donors (Lipinski definition) is 2. The van der Waals surface area contributed by atoms with Crippen LogP contribution in [0.4, 0.5) is 21.0 Å². The smallest absolute Gasteiger partial charge is 0.411 e. The molecular formula is C44H82N4O4. The Labute approximate surface area is 320 Å². The third kappa shape index (κ3) is 31.2. The number of anilines is 2. The normalized spacial score (nSPS) is 11.3. The van der Waals surface area contributed by atoms with E-state index in [0.29, 0.717) is 37.7 Å². The van der Waals surface area contributed by atoms with E-state index in [2.05, 4.69) is 48.4 Å². The van der Waals surface area contributed by atoms with Gasteiger partial charge in [-0.05, 0) is 64.3 Å². The van der Waals surface area contributed by atoms with Crippen LogP contribution in [0.25, 0.3) is 0 Å². The molecule has 2 amide bonds. The average Bonchev–Trinajstić information content (AvgIpc) is 3.13. The molecule has 2 N–H and O–H groups in total. The molecule has 0 atom stereocenters. The molecule has 0 aliphatic carbocycles. The van der Waals surface area contributed by atoms with E-state index >= 15 is 0 Å². The second kappa shape index (κ2) is 35.7. The van der Waals surface area contributed by atoms with Gasteiger partial charge < -0.3 is 19.3 Å². The highest BCUT2D eigenvalue weighted by atomic mass is 16.6. The summed E-state index contributed by atoms with van der Waals surface area (Å²) >= 11 is 0. The van der Waals surface area contributed by atoms with Gasteiger partial charge in [0.1, 0.15) is 13.2 Å². The van der Waals surface area contributed by atoms with Crippen molar-refractivity contribution in [3.63, 3.8) is 0 Å². The molecule has 302 valence electrons. The van der Waals surface area contributed by atoms with Gasteiger partial charge in [-0.25, -0.2) is 9.59 Å². The van der Waals surface area contributed by atoms with Crippen LogP contribution in [0.2, 0.25) is 0 Å². The molecule has 0 radical (unpaired) electrons. The summed E-state index contributed by atoms with van der Waals surface area (Å²) in [6, 6.07) is 6.95. The second-order valence-corrected chi connectivity index (χ2v) is 15.2. The SMILES string of the molecule is CCCCCCCCCCCCCCCN(C)CCOC(=O)Nc1ccc(NC(=O)OCCN(C)CCCCCCCCCCCCCCC)cc1. The van der Waals surface area contributed by atoms with Crippen molar-refractivity contribution in [1.82, 2.24) is 9.80 Å². The lowest BCUT2D eigenvalue weighted by atomic mass is 10.0. The summed E-state index contributed by atoms with van der Waals surface area (Å²) in [5, 5.41) is 5.51. The van der Waals surface area contributed by atoms with Crippen molar-refractivity contribution in [2.45, 2.75) is 181 Å². The first kappa shape index (κ1) is 47.7. The molecule has 0 aliphatic heterocycles. The van der Waals surface area contributed by atoms with E-state index in [0.717, 1.165) is 13.1 Å². The minimum Gasteiger partial charge on any atom is -0.448 e. The van der Waals surface area contributed by atoms with Crippen LogP contribution in [-0.4, -0.2) is 75.5 Å². The Morgan fingerprint density at radius 2 is 0.673 bits per heavy atom. The molecule has 0 saturated carbocycles. The molecule has 0 saturated heterocycles. The molecular weight excluding hydrogens is 649 g/mol. The Hall–Kier alpha value is -2.32. The molecule has 0 unspecified atom stereocenters.